The largest absolute Gasteiger partial charge is 0.390 e. The van der Waals surface area contributed by atoms with Gasteiger partial charge in [-0.3, -0.25) is 0 Å². The molecule has 0 fully saturated rings. The van der Waals surface area contributed by atoms with Gasteiger partial charge in [0, 0.05) is 80.6 Å². The molecule has 0 aliphatic heterocycles. The number of nitrogens with one attached hydrogen (secondary N) is 7. The van der Waals surface area contributed by atoms with E-state index in [2.05, 4.69) is 69.8 Å². The molecule has 0 saturated heterocycles. The van der Waals surface area contributed by atoms with Gasteiger partial charge in [-0.1, -0.05) is 0 Å². The van der Waals surface area contributed by atoms with E-state index >= 15 is 0 Å². The van der Waals surface area contributed by atoms with Crippen LogP contribution in [0.2, 0.25) is 0 Å². The highest BCUT2D eigenvalue weighted by Crippen LogP contribution is 1.94. The molecule has 206 valence electrons. The molecule has 7 heterocycles. The number of rotatable bonds is 2. The van der Waals surface area contributed by atoms with Crippen LogP contribution in [-0.2, 0) is 13.2 Å². The number of aromatic amines is 7. The molecule has 16 heteroatoms. The molecule has 7 aromatic rings. The van der Waals surface area contributed by atoms with Crippen molar-refractivity contribution in [2.24, 2.45) is 0 Å². The minimum Gasteiger partial charge on any atom is -0.390 e. The zero-order valence-electron chi connectivity index (χ0n) is 20.9. The maximum Gasteiger partial charge on any atom is 0.132 e. The molecule has 16 nitrogen and oxygen atoms in total. The summed E-state index contributed by atoms with van der Waals surface area (Å²) in [5.41, 5.74) is 0.555. The van der Waals surface area contributed by atoms with Crippen molar-refractivity contribution >= 4 is 0 Å². The van der Waals surface area contributed by atoms with Crippen molar-refractivity contribution in [2.75, 3.05) is 0 Å². The second-order valence-corrected chi connectivity index (χ2v) is 6.22. The minimum absolute atomic E-state index is 0.0868. The van der Waals surface area contributed by atoms with Crippen LogP contribution in [0.4, 0.5) is 0 Å². The number of aromatic nitrogens is 14. The van der Waals surface area contributed by atoms with Crippen molar-refractivity contribution < 1.29 is 10.2 Å². The number of nitrogens with zero attached hydrogens (tertiary/aromatic N) is 7. The fourth-order valence-corrected chi connectivity index (χ4v) is 1.86. The Morgan fingerprint density at radius 1 is 0.462 bits per heavy atom. The normalized spacial score (nSPS) is 8.46. The Kier molecular flexibility index (Phi) is 20.5. The van der Waals surface area contributed by atoms with Crippen molar-refractivity contribution in [3.63, 3.8) is 0 Å². The van der Waals surface area contributed by atoms with E-state index in [9.17, 15) is 0 Å². The summed E-state index contributed by atoms with van der Waals surface area (Å²) in [6.45, 7) is -0.198. The first-order chi connectivity index (χ1) is 19.4. The number of aliphatic hydroxyl groups excluding tert-OH is 2. The molecular formula is C23H32N14O2. The van der Waals surface area contributed by atoms with Crippen LogP contribution in [0.1, 0.15) is 11.5 Å². The first-order valence-electron chi connectivity index (χ1n) is 11.2. The summed E-state index contributed by atoms with van der Waals surface area (Å²) in [6, 6.07) is 0. The lowest BCUT2D eigenvalue weighted by Gasteiger charge is -1.82. The van der Waals surface area contributed by atoms with Gasteiger partial charge < -0.3 is 45.1 Å². The smallest absolute Gasteiger partial charge is 0.132 e. The molecule has 7 aromatic heterocycles. The molecule has 0 radical (unpaired) electrons. The van der Waals surface area contributed by atoms with Gasteiger partial charge in [-0.25, -0.2) is 34.9 Å². The monoisotopic (exact) mass is 536 g/mol. The molecule has 0 saturated carbocycles. The van der Waals surface area contributed by atoms with Crippen LogP contribution >= 0.6 is 0 Å². The van der Waals surface area contributed by atoms with Crippen LogP contribution in [0.25, 0.3) is 0 Å². The predicted octanol–water partition coefficient (Wildman–Crippen LogP) is 1.85. The van der Waals surface area contributed by atoms with E-state index in [0.717, 1.165) is 0 Å². The van der Waals surface area contributed by atoms with Crippen LogP contribution in [-0.4, -0.2) is 80.0 Å². The zero-order chi connectivity index (χ0) is 27.9. The number of hydrogen-bond acceptors (Lipinski definition) is 9. The Bertz CT molecular complexity index is 892. The third kappa shape index (κ3) is 21.4. The SMILES string of the molecule is OCc1c[nH]c(CO)n1.c1c[nH]cn1.c1c[nH]cn1.c1c[nH]cn1.c1c[nH]cn1.c1c[nH]cn1.c1c[nH]cn1. The summed E-state index contributed by atoms with van der Waals surface area (Å²) < 4.78 is 0. The Hall–Kier alpha value is -5.61. The standard InChI is InChI=1S/C5H8N2O2.6C3H4N2/c8-2-4-1-6-5(3-9)7-4;6*1-2-5-3-4-1/h1,8-9H,2-3H2,(H,6,7);6*1-3H,(H,4,5). The molecule has 0 spiro atoms. The van der Waals surface area contributed by atoms with Gasteiger partial charge >= 0.3 is 0 Å². The topological polar surface area (TPSA) is 241 Å². The fraction of sp³-hybridized carbons (Fsp3) is 0.0870. The van der Waals surface area contributed by atoms with Crippen molar-refractivity contribution in [3.05, 3.63) is 130 Å². The molecule has 0 unspecified atom stereocenters. The minimum atomic E-state index is -0.111. The van der Waals surface area contributed by atoms with Gasteiger partial charge in [0.1, 0.15) is 12.4 Å². The van der Waals surface area contributed by atoms with E-state index in [4.69, 9.17) is 10.2 Å². The lowest BCUT2D eigenvalue weighted by atomic mass is 10.5. The van der Waals surface area contributed by atoms with E-state index in [1.807, 2.05) is 0 Å². The highest BCUT2D eigenvalue weighted by molar-refractivity contribution is 4.98. The molecule has 7 rings (SSSR count). The fourth-order valence-electron chi connectivity index (χ4n) is 1.86. The predicted molar refractivity (Wildman–Crippen MR) is 142 cm³/mol. The average molecular weight is 537 g/mol. The summed E-state index contributed by atoms with van der Waals surface area (Å²) in [7, 11) is 0. The van der Waals surface area contributed by atoms with E-state index in [-0.39, 0.29) is 13.2 Å². The first-order valence-corrected chi connectivity index (χ1v) is 11.2. The maximum absolute atomic E-state index is 8.48. The summed E-state index contributed by atoms with van der Waals surface area (Å²) >= 11 is 0. The number of hydrogen-bond donors (Lipinski definition) is 9. The second-order valence-electron chi connectivity index (χ2n) is 6.22. The van der Waals surface area contributed by atoms with Gasteiger partial charge in [0.25, 0.3) is 0 Å². The van der Waals surface area contributed by atoms with Crippen LogP contribution in [0, 0.1) is 0 Å². The van der Waals surface area contributed by atoms with Crippen molar-refractivity contribution in [1.29, 1.82) is 0 Å². The van der Waals surface area contributed by atoms with E-state index in [0.29, 0.717) is 11.5 Å². The quantitative estimate of drug-likeness (QED) is 0.156. The van der Waals surface area contributed by atoms with Gasteiger partial charge in [-0.15, -0.1) is 0 Å². The summed E-state index contributed by atoms with van der Waals surface area (Å²) in [5, 5.41) is 17.0. The molecule has 0 atom stereocenters. The van der Waals surface area contributed by atoms with E-state index in [1.54, 1.807) is 119 Å². The maximum atomic E-state index is 8.48. The van der Waals surface area contributed by atoms with Crippen molar-refractivity contribution in [3.8, 4) is 0 Å². The second kappa shape index (κ2) is 25.5. The Morgan fingerprint density at radius 2 is 0.769 bits per heavy atom. The van der Waals surface area contributed by atoms with Crippen LogP contribution in [0.5, 0.6) is 0 Å². The summed E-state index contributed by atoms with van der Waals surface area (Å²) in [6.07, 6.45) is 32.1. The number of imidazole rings is 7. The Balaban J connectivity index is 0.000000231. The van der Waals surface area contributed by atoms with Crippen LogP contribution in [0.3, 0.4) is 0 Å². The Labute approximate surface area is 223 Å². The Morgan fingerprint density at radius 3 is 0.872 bits per heavy atom. The zero-order valence-corrected chi connectivity index (χ0v) is 20.9. The van der Waals surface area contributed by atoms with E-state index < -0.39 is 0 Å². The molecule has 0 aromatic carbocycles. The van der Waals surface area contributed by atoms with Gasteiger partial charge in [-0.05, 0) is 0 Å². The molecule has 9 N–H and O–H groups in total. The first kappa shape index (κ1) is 31.4. The summed E-state index contributed by atoms with van der Waals surface area (Å²) in [5.74, 6) is 0.485. The van der Waals surface area contributed by atoms with Gasteiger partial charge in [-0.2, -0.15) is 0 Å². The molecule has 0 aliphatic rings. The third-order valence-electron chi connectivity index (χ3n) is 3.43. The third-order valence-corrected chi connectivity index (χ3v) is 3.43. The highest BCUT2D eigenvalue weighted by Gasteiger charge is 1.95. The van der Waals surface area contributed by atoms with Crippen molar-refractivity contribution in [2.45, 2.75) is 13.2 Å². The lowest BCUT2D eigenvalue weighted by molar-refractivity contribution is 0.267. The van der Waals surface area contributed by atoms with Crippen LogP contribution in [0.15, 0.2) is 119 Å². The van der Waals surface area contributed by atoms with E-state index in [1.165, 1.54) is 0 Å². The molecule has 39 heavy (non-hydrogen) atoms. The van der Waals surface area contributed by atoms with Gasteiger partial charge in [0.05, 0.1) is 50.3 Å². The average Bonchev–Trinajstić information content (AvgIpc) is 3.91. The van der Waals surface area contributed by atoms with Crippen LogP contribution < -0.4 is 0 Å². The van der Waals surface area contributed by atoms with Crippen molar-refractivity contribution in [1.82, 2.24) is 69.8 Å². The number of H-pyrrole nitrogens is 7. The molecule has 0 amide bonds. The lowest BCUT2D eigenvalue weighted by Crippen LogP contribution is -1.86. The van der Waals surface area contributed by atoms with Gasteiger partial charge in [0.15, 0.2) is 0 Å². The highest BCUT2D eigenvalue weighted by atomic mass is 16.3. The molecule has 0 bridgehead atoms. The molecule has 0 aliphatic carbocycles. The summed E-state index contributed by atoms with van der Waals surface area (Å²) in [4.78, 5) is 45.0. The molecular weight excluding hydrogens is 504 g/mol. The number of aliphatic hydroxyl groups is 2. The van der Waals surface area contributed by atoms with Gasteiger partial charge in [0.2, 0.25) is 0 Å².